The number of likely N-dealkylation sites (tertiary alicyclic amines) is 1. The molecule has 1 saturated carbocycles. The quantitative estimate of drug-likeness (QED) is 0.346. The SMILES string of the molecule is C[C@@H]1[C@@H](n2ccnc2)CN1C(=O)[C@@H]1CC[C@@H]2C[C@H]3C[C@H]3C[C@H](NC(=O)c3cc4cc(C(F)(F)P(=O)(O)O)ccc4s3)C(=O)N21. The van der Waals surface area contributed by atoms with Crippen LogP contribution in [0.5, 0.6) is 0 Å². The van der Waals surface area contributed by atoms with E-state index < -0.39 is 36.8 Å². The van der Waals surface area contributed by atoms with Gasteiger partial charge in [-0.3, -0.25) is 18.9 Å². The van der Waals surface area contributed by atoms with Gasteiger partial charge in [-0.25, -0.2) is 4.98 Å². The van der Waals surface area contributed by atoms with Crippen molar-refractivity contribution in [2.24, 2.45) is 11.8 Å². The Hall–Kier alpha value is -3.19. The van der Waals surface area contributed by atoms with Gasteiger partial charge in [-0.05, 0) is 74.4 Å². The molecular formula is C29H32F2N5O6PS. The van der Waals surface area contributed by atoms with Crippen LogP contribution in [0.2, 0.25) is 0 Å². The van der Waals surface area contributed by atoms with Crippen LogP contribution in [0.4, 0.5) is 8.78 Å². The Labute approximate surface area is 255 Å². The molecule has 1 aliphatic carbocycles. The van der Waals surface area contributed by atoms with Crippen molar-refractivity contribution in [2.45, 2.75) is 74.9 Å². The monoisotopic (exact) mass is 647 g/mol. The molecule has 3 aromatic rings. The molecular weight excluding hydrogens is 615 g/mol. The van der Waals surface area contributed by atoms with Crippen LogP contribution in [0.1, 0.15) is 60.3 Å². The number of amides is 3. The molecule has 3 N–H and O–H groups in total. The van der Waals surface area contributed by atoms with E-state index in [0.29, 0.717) is 35.9 Å². The fourth-order valence-corrected chi connectivity index (χ4v) is 8.67. The number of nitrogens with zero attached hydrogens (tertiary/aromatic N) is 4. The minimum atomic E-state index is -5.75. The summed E-state index contributed by atoms with van der Waals surface area (Å²) in [5, 5.41) is 3.11. The minimum Gasteiger partial charge on any atom is -0.340 e. The lowest BCUT2D eigenvalue weighted by Gasteiger charge is -2.48. The van der Waals surface area contributed by atoms with Gasteiger partial charge >= 0.3 is 13.3 Å². The highest BCUT2D eigenvalue weighted by atomic mass is 32.1. The summed E-state index contributed by atoms with van der Waals surface area (Å²) in [4.78, 5) is 67.3. The van der Waals surface area contributed by atoms with Crippen molar-refractivity contribution in [3.05, 3.63) is 53.4 Å². The topological polar surface area (TPSA) is 145 Å². The van der Waals surface area contributed by atoms with Gasteiger partial charge in [-0.15, -0.1) is 11.3 Å². The predicted octanol–water partition coefficient (Wildman–Crippen LogP) is 3.68. The number of imidazole rings is 1. The van der Waals surface area contributed by atoms with Crippen molar-refractivity contribution in [1.29, 1.82) is 0 Å². The molecule has 7 rings (SSSR count). The van der Waals surface area contributed by atoms with Crippen molar-refractivity contribution in [1.82, 2.24) is 24.7 Å². The number of hydrogen-bond donors (Lipinski definition) is 3. The van der Waals surface area contributed by atoms with Crippen LogP contribution in [0.3, 0.4) is 0 Å². The second-order valence-corrected chi connectivity index (χ2v) is 15.2. The Morgan fingerprint density at radius 3 is 2.61 bits per heavy atom. The van der Waals surface area contributed by atoms with Crippen LogP contribution in [-0.4, -0.2) is 77.6 Å². The minimum absolute atomic E-state index is 0.0426. The molecule has 3 aliphatic heterocycles. The van der Waals surface area contributed by atoms with E-state index in [2.05, 4.69) is 10.3 Å². The number of carbonyl (C=O) groups is 3. The molecule has 0 unspecified atom stereocenters. The maximum Gasteiger partial charge on any atom is 0.399 e. The smallest absolute Gasteiger partial charge is 0.340 e. The Morgan fingerprint density at radius 1 is 1.14 bits per heavy atom. The fourth-order valence-electron chi connectivity index (χ4n) is 7.25. The lowest BCUT2D eigenvalue weighted by Crippen LogP contribution is -2.63. The number of thiophene rings is 1. The first-order valence-electron chi connectivity index (χ1n) is 14.7. The third-order valence-electron chi connectivity index (χ3n) is 9.90. The largest absolute Gasteiger partial charge is 0.399 e. The zero-order valence-corrected chi connectivity index (χ0v) is 25.5. The molecule has 1 aromatic carbocycles. The summed E-state index contributed by atoms with van der Waals surface area (Å²) in [6.07, 6.45) is 8.92. The van der Waals surface area contributed by atoms with Gasteiger partial charge in [0, 0.05) is 35.2 Å². The molecule has 0 bridgehead atoms. The third kappa shape index (κ3) is 4.86. The molecule has 3 saturated heterocycles. The number of hydrogen-bond acceptors (Lipinski definition) is 6. The van der Waals surface area contributed by atoms with Gasteiger partial charge in [0.2, 0.25) is 11.8 Å². The zero-order valence-electron chi connectivity index (χ0n) is 23.8. The first-order valence-corrected chi connectivity index (χ1v) is 17.1. The van der Waals surface area contributed by atoms with Crippen LogP contribution < -0.4 is 5.32 Å². The van der Waals surface area contributed by atoms with E-state index in [1.165, 1.54) is 12.1 Å². The summed E-state index contributed by atoms with van der Waals surface area (Å²) in [5.74, 6) is -0.129. The lowest BCUT2D eigenvalue weighted by molar-refractivity contribution is -0.154. The molecule has 3 amide bonds. The number of halogens is 2. The molecule has 0 spiro atoms. The summed E-state index contributed by atoms with van der Waals surface area (Å²) in [5.41, 5.74) is -5.21. The van der Waals surface area contributed by atoms with Gasteiger partial charge in [0.15, 0.2) is 0 Å². The maximum absolute atomic E-state index is 14.3. The van der Waals surface area contributed by atoms with Gasteiger partial charge in [0.05, 0.1) is 23.3 Å². The molecule has 44 heavy (non-hydrogen) atoms. The van der Waals surface area contributed by atoms with Crippen LogP contribution in [0, 0.1) is 11.8 Å². The average molecular weight is 648 g/mol. The van der Waals surface area contributed by atoms with Crippen molar-refractivity contribution in [2.75, 3.05) is 6.54 Å². The highest BCUT2D eigenvalue weighted by molar-refractivity contribution is 7.52. The molecule has 11 nitrogen and oxygen atoms in total. The highest BCUT2D eigenvalue weighted by Gasteiger charge is 2.54. The standard InChI is InChI=1S/C29H32F2N5O6PS/c1-15-23(34-7-6-32-14-34)13-35(15)28(39)22-4-3-20-10-16-8-17(16)11-21(27(38)36(20)22)33-26(37)25-12-18-9-19(2-5-24(18)44-25)29(30,31)43(40,41)42/h2,5-7,9,12,14-17,20-23H,3-4,8,10-11,13H2,1H3,(H,33,37)(H2,40,41,42)/t15-,16-,17+,20-,21+,22+,23+/m1/s1. The van der Waals surface area contributed by atoms with Gasteiger partial charge in [0.25, 0.3) is 5.91 Å². The van der Waals surface area contributed by atoms with E-state index in [0.717, 1.165) is 42.7 Å². The van der Waals surface area contributed by atoms with Gasteiger partial charge < -0.3 is 29.5 Å². The molecule has 4 fully saturated rings. The van der Waals surface area contributed by atoms with Crippen LogP contribution in [0.15, 0.2) is 43.0 Å². The van der Waals surface area contributed by atoms with Gasteiger partial charge in [-0.1, -0.05) is 6.07 Å². The normalized spacial score (nSPS) is 30.3. The Kier molecular flexibility index (Phi) is 7.00. The molecule has 0 radical (unpaired) electrons. The van der Waals surface area contributed by atoms with E-state index in [4.69, 9.17) is 9.79 Å². The first-order chi connectivity index (χ1) is 20.8. The van der Waals surface area contributed by atoms with E-state index >= 15 is 0 Å². The van der Waals surface area contributed by atoms with Crippen LogP contribution >= 0.6 is 18.9 Å². The molecule has 234 valence electrons. The van der Waals surface area contributed by atoms with Gasteiger partial charge in [0.1, 0.15) is 12.1 Å². The highest BCUT2D eigenvalue weighted by Crippen LogP contribution is 2.59. The maximum atomic E-state index is 14.3. The number of nitrogens with one attached hydrogen (secondary N) is 1. The van der Waals surface area contributed by atoms with E-state index in [1.54, 1.807) is 17.4 Å². The predicted molar refractivity (Wildman–Crippen MR) is 156 cm³/mol. The van der Waals surface area contributed by atoms with Crippen molar-refractivity contribution in [3.63, 3.8) is 0 Å². The number of alkyl halides is 2. The fraction of sp³-hybridized carbons (Fsp3) is 0.517. The Bertz CT molecular complexity index is 1690. The average Bonchev–Trinajstić information content (AvgIpc) is 3.38. The summed E-state index contributed by atoms with van der Waals surface area (Å²) in [6.45, 7) is 2.53. The number of benzene rings is 1. The van der Waals surface area contributed by atoms with Crippen LogP contribution in [-0.2, 0) is 19.8 Å². The van der Waals surface area contributed by atoms with Crippen LogP contribution in [0.25, 0.3) is 10.1 Å². The summed E-state index contributed by atoms with van der Waals surface area (Å²) in [7, 11) is -5.75. The number of aromatic nitrogens is 2. The second kappa shape index (κ2) is 10.4. The summed E-state index contributed by atoms with van der Waals surface area (Å²) in [6, 6.07) is 3.18. The third-order valence-corrected chi connectivity index (χ3v) is 12.0. The Morgan fingerprint density at radius 2 is 1.91 bits per heavy atom. The van der Waals surface area contributed by atoms with E-state index in [-0.39, 0.29) is 40.2 Å². The molecule has 4 aliphatic rings. The second-order valence-electron chi connectivity index (χ2n) is 12.5. The van der Waals surface area contributed by atoms with Crippen molar-refractivity contribution in [3.8, 4) is 0 Å². The molecule has 5 heterocycles. The summed E-state index contributed by atoms with van der Waals surface area (Å²) < 4.78 is 42.4. The molecule has 15 heteroatoms. The number of carbonyl (C=O) groups excluding carboxylic acids is 3. The number of rotatable bonds is 6. The van der Waals surface area contributed by atoms with Crippen molar-refractivity contribution < 1.29 is 37.5 Å². The zero-order chi connectivity index (χ0) is 31.1. The lowest BCUT2D eigenvalue weighted by atomic mass is 9.95. The summed E-state index contributed by atoms with van der Waals surface area (Å²) >= 11 is 1.04. The molecule has 2 aromatic heterocycles. The van der Waals surface area contributed by atoms with E-state index in [9.17, 15) is 27.7 Å². The van der Waals surface area contributed by atoms with E-state index in [1.807, 2.05) is 22.6 Å². The van der Waals surface area contributed by atoms with Crippen molar-refractivity contribution >= 4 is 46.7 Å². The Balaban J connectivity index is 1.09. The molecule has 7 atom stereocenters. The number of fused-ring (bicyclic) bond motifs is 3. The van der Waals surface area contributed by atoms with Gasteiger partial charge in [-0.2, -0.15) is 8.78 Å². The first kappa shape index (κ1) is 29.5.